The maximum Gasteiger partial charge on any atom is 0.255 e. The molecule has 2 aromatic rings. The highest BCUT2D eigenvalue weighted by Crippen LogP contribution is 2.17. The van der Waals surface area contributed by atoms with Crippen LogP contribution in [-0.4, -0.2) is 41.7 Å². The molecule has 7 nitrogen and oxygen atoms in total. The fourth-order valence-corrected chi connectivity index (χ4v) is 3.63. The minimum atomic E-state index is -0.221. The van der Waals surface area contributed by atoms with Crippen LogP contribution < -0.4 is 15.8 Å². The quantitative estimate of drug-likeness (QED) is 0.700. The number of hydrogen-bond acceptors (Lipinski definition) is 5. The molecule has 3 rings (SSSR count). The molecule has 0 radical (unpaired) electrons. The summed E-state index contributed by atoms with van der Waals surface area (Å²) in [5.41, 5.74) is 1.62. The van der Waals surface area contributed by atoms with Gasteiger partial charge < -0.3 is 15.0 Å². The van der Waals surface area contributed by atoms with Crippen LogP contribution in [0.1, 0.15) is 37.4 Å². The smallest absolute Gasteiger partial charge is 0.255 e. The van der Waals surface area contributed by atoms with Crippen molar-refractivity contribution in [2.75, 3.05) is 25.1 Å². The van der Waals surface area contributed by atoms with E-state index in [9.17, 15) is 9.59 Å². The van der Waals surface area contributed by atoms with Gasteiger partial charge in [0.2, 0.25) is 11.9 Å². The molecule has 0 saturated carbocycles. The summed E-state index contributed by atoms with van der Waals surface area (Å²) in [4.78, 5) is 32.0. The van der Waals surface area contributed by atoms with Crippen molar-refractivity contribution in [1.29, 1.82) is 0 Å². The van der Waals surface area contributed by atoms with Crippen molar-refractivity contribution >= 4 is 11.9 Å². The minimum absolute atomic E-state index is 0.0226. The molecule has 0 bridgehead atoms. The van der Waals surface area contributed by atoms with Gasteiger partial charge in [0.1, 0.15) is 6.54 Å². The summed E-state index contributed by atoms with van der Waals surface area (Å²) in [7, 11) is 1.58. The number of nitrogens with one attached hydrogen (secondary N) is 1. The van der Waals surface area contributed by atoms with Gasteiger partial charge in [-0.05, 0) is 38.2 Å². The standard InChI is InChI=1S/C22H30N4O3/c1-17(10-11-18-8-4-3-5-9-18)23-20(27)15-26-21(28)14-19(16-29-2)24-22(26)25-12-6-7-13-25/h3-5,8-9,14,17H,6-7,10-13,15-16H2,1-2H3,(H,23,27)/t17-/m0/s1. The van der Waals surface area contributed by atoms with Gasteiger partial charge in [0.15, 0.2) is 0 Å². The third kappa shape index (κ3) is 5.90. The summed E-state index contributed by atoms with van der Waals surface area (Å²) in [6, 6.07) is 11.7. The van der Waals surface area contributed by atoms with E-state index in [1.807, 2.05) is 25.1 Å². The fraction of sp³-hybridized carbons (Fsp3) is 0.500. The van der Waals surface area contributed by atoms with E-state index >= 15 is 0 Å². The maximum absolute atomic E-state index is 12.7. The third-order valence-electron chi connectivity index (χ3n) is 5.14. The number of rotatable bonds is 9. The van der Waals surface area contributed by atoms with Crippen molar-refractivity contribution in [1.82, 2.24) is 14.9 Å². The molecular weight excluding hydrogens is 368 g/mol. The number of carbonyl (C=O) groups excluding carboxylic acids is 1. The zero-order valence-corrected chi connectivity index (χ0v) is 17.3. The number of nitrogens with zero attached hydrogens (tertiary/aromatic N) is 3. The predicted molar refractivity (Wildman–Crippen MR) is 113 cm³/mol. The van der Waals surface area contributed by atoms with Crippen molar-refractivity contribution in [3.8, 4) is 0 Å². The van der Waals surface area contributed by atoms with Crippen LogP contribution in [0.5, 0.6) is 0 Å². The molecule has 1 fully saturated rings. The molecule has 0 spiro atoms. The molecule has 1 N–H and O–H groups in total. The van der Waals surface area contributed by atoms with Crippen LogP contribution >= 0.6 is 0 Å². The van der Waals surface area contributed by atoms with Crippen LogP contribution in [0.15, 0.2) is 41.2 Å². The highest BCUT2D eigenvalue weighted by atomic mass is 16.5. The first-order valence-corrected chi connectivity index (χ1v) is 10.2. The summed E-state index contributed by atoms with van der Waals surface area (Å²) in [5, 5.41) is 3.01. The van der Waals surface area contributed by atoms with E-state index in [1.54, 1.807) is 7.11 Å². The topological polar surface area (TPSA) is 76.5 Å². The average Bonchev–Trinajstić information content (AvgIpc) is 3.24. The van der Waals surface area contributed by atoms with Gasteiger partial charge in [-0.3, -0.25) is 14.2 Å². The second kappa shape index (κ2) is 10.2. The van der Waals surface area contributed by atoms with Gasteiger partial charge >= 0.3 is 0 Å². The second-order valence-corrected chi connectivity index (χ2v) is 7.59. The predicted octanol–water partition coefficient (Wildman–Crippen LogP) is 2.13. The van der Waals surface area contributed by atoms with Gasteiger partial charge in [0, 0.05) is 32.3 Å². The molecule has 0 aliphatic carbocycles. The summed E-state index contributed by atoms with van der Waals surface area (Å²) in [5.74, 6) is 0.392. The van der Waals surface area contributed by atoms with E-state index in [-0.39, 0.29) is 30.7 Å². The zero-order valence-electron chi connectivity index (χ0n) is 17.3. The van der Waals surface area contributed by atoms with E-state index in [0.29, 0.717) is 11.6 Å². The molecule has 156 valence electrons. The van der Waals surface area contributed by atoms with Crippen molar-refractivity contribution in [2.45, 2.75) is 51.8 Å². The summed E-state index contributed by atoms with van der Waals surface area (Å²) in [6.45, 7) is 3.93. The molecule has 1 atom stereocenters. The Labute approximate surface area is 171 Å². The Morgan fingerprint density at radius 2 is 1.97 bits per heavy atom. The van der Waals surface area contributed by atoms with Crippen molar-refractivity contribution in [3.63, 3.8) is 0 Å². The molecule has 1 aliphatic heterocycles. The Hall–Kier alpha value is -2.67. The molecular formula is C22H30N4O3. The van der Waals surface area contributed by atoms with Crippen LogP contribution in [0, 0.1) is 0 Å². The number of aromatic nitrogens is 2. The molecule has 2 heterocycles. The van der Waals surface area contributed by atoms with Crippen LogP contribution in [0.4, 0.5) is 5.95 Å². The van der Waals surface area contributed by atoms with Crippen LogP contribution in [0.25, 0.3) is 0 Å². The number of carbonyl (C=O) groups is 1. The lowest BCUT2D eigenvalue weighted by Crippen LogP contribution is -2.40. The molecule has 29 heavy (non-hydrogen) atoms. The maximum atomic E-state index is 12.7. The zero-order chi connectivity index (χ0) is 20.6. The monoisotopic (exact) mass is 398 g/mol. The van der Waals surface area contributed by atoms with E-state index in [1.165, 1.54) is 16.2 Å². The number of methoxy groups -OCH3 is 1. The molecule has 7 heteroatoms. The number of ether oxygens (including phenoxy) is 1. The van der Waals surface area contributed by atoms with E-state index < -0.39 is 0 Å². The van der Waals surface area contributed by atoms with E-state index in [4.69, 9.17) is 4.74 Å². The van der Waals surface area contributed by atoms with Gasteiger partial charge in [-0.15, -0.1) is 0 Å². The first kappa shape index (κ1) is 21.0. The average molecular weight is 399 g/mol. The van der Waals surface area contributed by atoms with E-state index in [0.717, 1.165) is 38.8 Å². The van der Waals surface area contributed by atoms with Gasteiger partial charge in [0.05, 0.1) is 12.3 Å². The molecule has 1 aromatic heterocycles. The largest absolute Gasteiger partial charge is 0.378 e. The van der Waals surface area contributed by atoms with Crippen LogP contribution in [-0.2, 0) is 29.1 Å². The Kier molecular flexibility index (Phi) is 7.41. The first-order valence-electron chi connectivity index (χ1n) is 10.2. The molecule has 1 saturated heterocycles. The highest BCUT2D eigenvalue weighted by molar-refractivity contribution is 5.76. The lowest BCUT2D eigenvalue weighted by Gasteiger charge is -2.22. The molecule has 1 amide bonds. The van der Waals surface area contributed by atoms with E-state index in [2.05, 4.69) is 27.3 Å². The van der Waals surface area contributed by atoms with Gasteiger partial charge in [-0.1, -0.05) is 30.3 Å². The Bertz CT molecular complexity index is 860. The summed E-state index contributed by atoms with van der Waals surface area (Å²) < 4.78 is 6.60. The lowest BCUT2D eigenvalue weighted by atomic mass is 10.1. The Morgan fingerprint density at radius 1 is 1.24 bits per heavy atom. The minimum Gasteiger partial charge on any atom is -0.378 e. The lowest BCUT2D eigenvalue weighted by molar-refractivity contribution is -0.122. The highest BCUT2D eigenvalue weighted by Gasteiger charge is 2.21. The summed E-state index contributed by atoms with van der Waals surface area (Å²) in [6.07, 6.45) is 3.86. The van der Waals surface area contributed by atoms with Crippen molar-refractivity contribution in [3.05, 3.63) is 58.0 Å². The molecule has 1 aromatic carbocycles. The number of aryl methyl sites for hydroxylation is 1. The van der Waals surface area contributed by atoms with Crippen molar-refractivity contribution < 1.29 is 9.53 Å². The Balaban J connectivity index is 1.66. The normalized spacial score (nSPS) is 14.8. The SMILES string of the molecule is COCc1cc(=O)n(CC(=O)N[C@@H](C)CCc2ccccc2)c(N2CCCC2)n1. The summed E-state index contributed by atoms with van der Waals surface area (Å²) >= 11 is 0. The first-order chi connectivity index (χ1) is 14.1. The van der Waals surface area contributed by atoms with Gasteiger partial charge in [-0.2, -0.15) is 0 Å². The van der Waals surface area contributed by atoms with Gasteiger partial charge in [-0.25, -0.2) is 4.98 Å². The molecule has 1 aliphatic rings. The van der Waals surface area contributed by atoms with Crippen molar-refractivity contribution in [2.24, 2.45) is 0 Å². The third-order valence-corrected chi connectivity index (χ3v) is 5.14. The number of anilines is 1. The van der Waals surface area contributed by atoms with Gasteiger partial charge in [0.25, 0.3) is 5.56 Å². The fourth-order valence-electron chi connectivity index (χ4n) is 3.63. The second-order valence-electron chi connectivity index (χ2n) is 7.59. The number of benzene rings is 1. The van der Waals surface area contributed by atoms with Crippen LogP contribution in [0.2, 0.25) is 0 Å². The van der Waals surface area contributed by atoms with Crippen LogP contribution in [0.3, 0.4) is 0 Å². The molecule has 0 unspecified atom stereocenters. The number of hydrogen-bond donors (Lipinski definition) is 1. The number of amides is 1. The Morgan fingerprint density at radius 3 is 2.66 bits per heavy atom.